The van der Waals surface area contributed by atoms with Gasteiger partial charge in [0.05, 0.1) is 4.47 Å². The molecule has 1 unspecified atom stereocenters. The van der Waals surface area contributed by atoms with Crippen LogP contribution in [0, 0.1) is 0 Å². The Labute approximate surface area is 163 Å². The van der Waals surface area contributed by atoms with Gasteiger partial charge in [-0.1, -0.05) is 24.3 Å². The molecule has 0 saturated carbocycles. The van der Waals surface area contributed by atoms with Gasteiger partial charge in [-0.2, -0.15) is 0 Å². The predicted octanol–water partition coefficient (Wildman–Crippen LogP) is 3.88. The second-order valence-electron chi connectivity index (χ2n) is 5.98. The van der Waals surface area contributed by atoms with Crippen molar-refractivity contribution in [2.24, 2.45) is 0 Å². The summed E-state index contributed by atoms with van der Waals surface area (Å²) in [4.78, 5) is 14.4. The summed E-state index contributed by atoms with van der Waals surface area (Å²) in [6.07, 6.45) is 1.01. The third kappa shape index (κ3) is 4.97. The van der Waals surface area contributed by atoms with Crippen LogP contribution < -0.4 is 10.1 Å². The lowest BCUT2D eigenvalue weighted by atomic mass is 10.1. The first-order valence-corrected chi connectivity index (χ1v) is 8.88. The molecule has 0 bridgehead atoms. The van der Waals surface area contributed by atoms with Crippen LogP contribution in [0.25, 0.3) is 0 Å². The molecule has 6 heteroatoms. The van der Waals surface area contributed by atoms with Crippen LogP contribution in [0.4, 0.5) is 0 Å². The van der Waals surface area contributed by atoms with Crippen molar-refractivity contribution >= 4 is 34.2 Å². The van der Waals surface area contributed by atoms with Crippen molar-refractivity contribution in [3.8, 4) is 5.75 Å². The van der Waals surface area contributed by atoms with Gasteiger partial charge in [-0.15, -0.1) is 12.4 Å². The van der Waals surface area contributed by atoms with E-state index in [-0.39, 0.29) is 24.4 Å². The van der Waals surface area contributed by atoms with Gasteiger partial charge in [0.1, 0.15) is 12.4 Å². The van der Waals surface area contributed by atoms with Gasteiger partial charge < -0.3 is 15.0 Å². The van der Waals surface area contributed by atoms with Gasteiger partial charge >= 0.3 is 0 Å². The Kier molecular flexibility index (Phi) is 7.29. The van der Waals surface area contributed by atoms with Crippen LogP contribution >= 0.6 is 28.3 Å². The number of carbonyl (C=O) groups is 1. The van der Waals surface area contributed by atoms with Gasteiger partial charge in [0, 0.05) is 25.2 Å². The van der Waals surface area contributed by atoms with Crippen LogP contribution in [-0.4, -0.2) is 37.0 Å². The van der Waals surface area contributed by atoms with Crippen molar-refractivity contribution in [2.75, 3.05) is 20.1 Å². The van der Waals surface area contributed by atoms with E-state index < -0.39 is 0 Å². The summed E-state index contributed by atoms with van der Waals surface area (Å²) in [5.74, 6) is 0.882. The van der Waals surface area contributed by atoms with Crippen molar-refractivity contribution in [3.63, 3.8) is 0 Å². The number of ether oxygens (including phenoxy) is 1. The van der Waals surface area contributed by atoms with Crippen LogP contribution in [0.2, 0.25) is 0 Å². The van der Waals surface area contributed by atoms with Crippen molar-refractivity contribution < 1.29 is 9.53 Å². The molecule has 1 saturated heterocycles. The Morgan fingerprint density at radius 3 is 2.60 bits per heavy atom. The quantitative estimate of drug-likeness (QED) is 0.790. The SMILES string of the molecule is CN(C(=O)c1ccc(COc2ccccc2Br)cc1)C1CCNC1.Cl. The van der Waals surface area contributed by atoms with Gasteiger partial charge in [-0.3, -0.25) is 4.79 Å². The lowest BCUT2D eigenvalue weighted by molar-refractivity contribution is 0.0743. The summed E-state index contributed by atoms with van der Waals surface area (Å²) >= 11 is 3.47. The molecule has 1 aliphatic rings. The monoisotopic (exact) mass is 424 g/mol. The summed E-state index contributed by atoms with van der Waals surface area (Å²) in [6, 6.07) is 15.7. The van der Waals surface area contributed by atoms with E-state index in [2.05, 4.69) is 21.2 Å². The van der Waals surface area contributed by atoms with Crippen LogP contribution in [0.5, 0.6) is 5.75 Å². The molecule has 0 radical (unpaired) electrons. The average molecular weight is 426 g/mol. The standard InChI is InChI=1S/C19H21BrN2O2.ClH/c1-22(16-10-11-21-12-16)19(23)15-8-6-14(7-9-15)13-24-18-5-3-2-4-17(18)20;/h2-9,16,21H,10-13H2,1H3;1H. The number of amides is 1. The number of likely N-dealkylation sites (N-methyl/N-ethyl adjacent to an activating group) is 1. The van der Waals surface area contributed by atoms with Crippen molar-refractivity contribution in [3.05, 3.63) is 64.1 Å². The molecule has 1 atom stereocenters. The van der Waals surface area contributed by atoms with E-state index in [9.17, 15) is 4.79 Å². The number of hydrogen-bond acceptors (Lipinski definition) is 3. The molecule has 0 aliphatic carbocycles. The molecule has 1 amide bonds. The molecule has 25 heavy (non-hydrogen) atoms. The lowest BCUT2D eigenvalue weighted by Gasteiger charge is -2.23. The molecule has 2 aromatic rings. The van der Waals surface area contributed by atoms with Crippen LogP contribution in [0.3, 0.4) is 0 Å². The van der Waals surface area contributed by atoms with E-state index in [4.69, 9.17) is 4.74 Å². The summed E-state index contributed by atoms with van der Waals surface area (Å²) in [7, 11) is 1.88. The fourth-order valence-electron chi connectivity index (χ4n) is 2.81. The van der Waals surface area contributed by atoms with Crippen LogP contribution in [-0.2, 0) is 6.61 Å². The fraction of sp³-hybridized carbons (Fsp3) is 0.316. The van der Waals surface area contributed by atoms with E-state index >= 15 is 0 Å². The summed E-state index contributed by atoms with van der Waals surface area (Å²) in [5, 5.41) is 3.29. The number of nitrogens with zero attached hydrogens (tertiary/aromatic N) is 1. The van der Waals surface area contributed by atoms with E-state index in [0.717, 1.165) is 35.3 Å². The smallest absolute Gasteiger partial charge is 0.253 e. The van der Waals surface area contributed by atoms with Gasteiger partial charge in [0.25, 0.3) is 5.91 Å². The number of nitrogens with one attached hydrogen (secondary N) is 1. The second kappa shape index (κ2) is 9.22. The van der Waals surface area contributed by atoms with E-state index in [0.29, 0.717) is 12.2 Å². The number of carbonyl (C=O) groups excluding carboxylic acids is 1. The molecule has 134 valence electrons. The van der Waals surface area contributed by atoms with Crippen LogP contribution in [0.1, 0.15) is 22.3 Å². The molecular weight excluding hydrogens is 404 g/mol. The highest BCUT2D eigenvalue weighted by molar-refractivity contribution is 9.10. The predicted molar refractivity (Wildman–Crippen MR) is 106 cm³/mol. The first kappa shape index (κ1) is 19.8. The van der Waals surface area contributed by atoms with Gasteiger partial charge in [-0.05, 0) is 58.7 Å². The number of halogens is 2. The zero-order valence-electron chi connectivity index (χ0n) is 14.1. The second-order valence-corrected chi connectivity index (χ2v) is 6.83. The Bertz CT molecular complexity index is 703. The summed E-state index contributed by atoms with van der Waals surface area (Å²) in [5.41, 5.74) is 1.75. The topological polar surface area (TPSA) is 41.6 Å². The maximum atomic E-state index is 12.5. The first-order chi connectivity index (χ1) is 11.6. The van der Waals surface area contributed by atoms with Crippen molar-refractivity contribution in [1.82, 2.24) is 10.2 Å². The molecular formula is C19H22BrClN2O2. The van der Waals surface area contributed by atoms with Crippen molar-refractivity contribution in [2.45, 2.75) is 19.1 Å². The minimum Gasteiger partial charge on any atom is -0.488 e. The highest BCUT2D eigenvalue weighted by Crippen LogP contribution is 2.24. The van der Waals surface area contributed by atoms with Crippen LogP contribution in [0.15, 0.2) is 53.0 Å². The number of rotatable bonds is 5. The molecule has 0 aromatic heterocycles. The van der Waals surface area contributed by atoms with Gasteiger partial charge in [0.15, 0.2) is 0 Å². The zero-order chi connectivity index (χ0) is 16.9. The molecule has 1 aliphatic heterocycles. The highest BCUT2D eigenvalue weighted by atomic mass is 79.9. The molecule has 1 N–H and O–H groups in total. The zero-order valence-corrected chi connectivity index (χ0v) is 16.5. The normalized spacial score (nSPS) is 16.2. The Morgan fingerprint density at radius 1 is 1.24 bits per heavy atom. The molecule has 1 fully saturated rings. The average Bonchev–Trinajstić information content (AvgIpc) is 3.15. The molecule has 3 rings (SSSR count). The van der Waals surface area contributed by atoms with E-state index in [1.807, 2.05) is 60.5 Å². The maximum Gasteiger partial charge on any atom is 0.253 e. The van der Waals surface area contributed by atoms with Crippen molar-refractivity contribution in [1.29, 1.82) is 0 Å². The first-order valence-electron chi connectivity index (χ1n) is 8.09. The third-order valence-corrected chi connectivity index (χ3v) is 4.99. The minimum atomic E-state index is 0. The summed E-state index contributed by atoms with van der Waals surface area (Å²) < 4.78 is 6.74. The Hall–Kier alpha value is -1.56. The van der Waals surface area contributed by atoms with E-state index in [1.54, 1.807) is 0 Å². The van der Waals surface area contributed by atoms with Gasteiger partial charge in [0.2, 0.25) is 0 Å². The van der Waals surface area contributed by atoms with Gasteiger partial charge in [-0.25, -0.2) is 0 Å². The molecule has 4 nitrogen and oxygen atoms in total. The minimum absolute atomic E-state index is 0. The highest BCUT2D eigenvalue weighted by Gasteiger charge is 2.23. The maximum absolute atomic E-state index is 12.5. The Balaban J connectivity index is 0.00000225. The molecule has 1 heterocycles. The number of benzene rings is 2. The van der Waals surface area contributed by atoms with E-state index in [1.165, 1.54) is 0 Å². The number of para-hydroxylation sites is 1. The molecule has 0 spiro atoms. The fourth-order valence-corrected chi connectivity index (χ4v) is 3.21. The lowest BCUT2D eigenvalue weighted by Crippen LogP contribution is -2.38. The third-order valence-electron chi connectivity index (χ3n) is 4.33. The Morgan fingerprint density at radius 2 is 1.96 bits per heavy atom. The molecule has 2 aromatic carbocycles. The largest absolute Gasteiger partial charge is 0.488 e. The number of hydrogen-bond donors (Lipinski definition) is 1. The summed E-state index contributed by atoms with van der Waals surface area (Å²) in [6.45, 7) is 2.33.